The molecule has 2 nitrogen and oxygen atoms in total. The highest BCUT2D eigenvalue weighted by molar-refractivity contribution is 8.00. The van der Waals surface area contributed by atoms with Crippen LogP contribution < -0.4 is 5.32 Å². The summed E-state index contributed by atoms with van der Waals surface area (Å²) in [6, 6.07) is 2.41. The van der Waals surface area contributed by atoms with Gasteiger partial charge in [0.25, 0.3) is 0 Å². The third kappa shape index (κ3) is 4.48. The van der Waals surface area contributed by atoms with E-state index < -0.39 is 0 Å². The van der Waals surface area contributed by atoms with Crippen molar-refractivity contribution in [3.8, 4) is 0 Å². The number of hydrogen-bond acceptors (Lipinski definition) is 4. The topological polar surface area (TPSA) is 15.3 Å². The van der Waals surface area contributed by atoms with Gasteiger partial charge in [0, 0.05) is 46.9 Å². The number of aryl methyl sites for hydroxylation is 1. The lowest BCUT2D eigenvalue weighted by Gasteiger charge is -2.31. The monoisotopic (exact) mass is 298 g/mol. The molecule has 1 aromatic heterocycles. The van der Waals surface area contributed by atoms with Crippen LogP contribution in [-0.4, -0.2) is 35.5 Å². The highest BCUT2D eigenvalue weighted by atomic mass is 32.2. The molecule has 0 spiro atoms. The Balaban J connectivity index is 1.92. The van der Waals surface area contributed by atoms with E-state index in [1.54, 1.807) is 5.56 Å². The first-order chi connectivity index (χ1) is 9.22. The fourth-order valence-electron chi connectivity index (χ4n) is 2.49. The summed E-state index contributed by atoms with van der Waals surface area (Å²) in [7, 11) is 0. The van der Waals surface area contributed by atoms with Crippen LogP contribution in [0.5, 0.6) is 0 Å². The summed E-state index contributed by atoms with van der Waals surface area (Å²) in [4.78, 5) is 5.61. The fourth-order valence-corrected chi connectivity index (χ4v) is 4.76. The molecule has 1 aliphatic heterocycles. The Kier molecular flexibility index (Phi) is 6.20. The van der Waals surface area contributed by atoms with E-state index in [-0.39, 0.29) is 0 Å². The normalized spacial score (nSPS) is 20.9. The lowest BCUT2D eigenvalue weighted by Crippen LogP contribution is -2.37. The van der Waals surface area contributed by atoms with Crippen LogP contribution in [0.2, 0.25) is 0 Å². The highest BCUT2D eigenvalue weighted by Crippen LogP contribution is 2.26. The fraction of sp³-hybridized carbons (Fsp3) is 0.733. The zero-order valence-electron chi connectivity index (χ0n) is 12.4. The van der Waals surface area contributed by atoms with Gasteiger partial charge < -0.3 is 5.32 Å². The molecule has 2 rings (SSSR count). The third-order valence-corrected chi connectivity index (χ3v) is 6.16. The molecule has 0 saturated carbocycles. The van der Waals surface area contributed by atoms with Crippen LogP contribution in [0.15, 0.2) is 6.07 Å². The minimum absolute atomic E-state index is 0.842. The van der Waals surface area contributed by atoms with Gasteiger partial charge >= 0.3 is 0 Å². The minimum atomic E-state index is 0.842. The third-order valence-electron chi connectivity index (χ3n) is 3.69. The zero-order chi connectivity index (χ0) is 13.7. The first-order valence-corrected chi connectivity index (χ1v) is 9.22. The number of nitrogens with zero attached hydrogens (tertiary/aromatic N) is 1. The predicted molar refractivity (Wildman–Crippen MR) is 88.3 cm³/mol. The van der Waals surface area contributed by atoms with Gasteiger partial charge in [0.1, 0.15) is 0 Å². The Labute approximate surface area is 126 Å². The molecular weight excluding hydrogens is 272 g/mol. The van der Waals surface area contributed by atoms with E-state index in [1.807, 2.05) is 11.3 Å². The van der Waals surface area contributed by atoms with Gasteiger partial charge in [-0.3, -0.25) is 4.90 Å². The largest absolute Gasteiger partial charge is 0.312 e. The van der Waals surface area contributed by atoms with Crippen molar-refractivity contribution in [2.45, 2.75) is 45.5 Å². The molecule has 1 aromatic rings. The molecule has 108 valence electrons. The Bertz CT molecular complexity index is 389. The van der Waals surface area contributed by atoms with Crippen LogP contribution in [0.3, 0.4) is 0 Å². The summed E-state index contributed by atoms with van der Waals surface area (Å²) in [5.74, 6) is 1.30. The minimum Gasteiger partial charge on any atom is -0.312 e. The standard InChI is InChI=1S/C15H26N2S2/c1-4-14-11-17(6-7-18-14)10-13-8-15(9-16-5-2)19-12(13)3/h8,14,16H,4-7,9-11H2,1-3H3. The summed E-state index contributed by atoms with van der Waals surface area (Å²) in [6.45, 7) is 12.5. The van der Waals surface area contributed by atoms with Crippen molar-refractivity contribution in [2.75, 3.05) is 25.4 Å². The second-order valence-electron chi connectivity index (χ2n) is 5.21. The van der Waals surface area contributed by atoms with Crippen molar-refractivity contribution in [2.24, 2.45) is 0 Å². The molecule has 0 amide bonds. The highest BCUT2D eigenvalue weighted by Gasteiger charge is 2.19. The molecular formula is C15H26N2S2. The van der Waals surface area contributed by atoms with Gasteiger partial charge in [-0.1, -0.05) is 13.8 Å². The van der Waals surface area contributed by atoms with Gasteiger partial charge in [0.15, 0.2) is 0 Å². The van der Waals surface area contributed by atoms with Crippen molar-refractivity contribution in [3.63, 3.8) is 0 Å². The first-order valence-electron chi connectivity index (χ1n) is 7.35. The van der Waals surface area contributed by atoms with Crippen molar-refractivity contribution in [1.29, 1.82) is 0 Å². The lowest BCUT2D eigenvalue weighted by molar-refractivity contribution is 0.273. The summed E-state index contributed by atoms with van der Waals surface area (Å²) in [6.07, 6.45) is 1.30. The van der Waals surface area contributed by atoms with Gasteiger partial charge in [-0.15, -0.1) is 11.3 Å². The van der Waals surface area contributed by atoms with Gasteiger partial charge in [-0.2, -0.15) is 11.8 Å². The molecule has 1 N–H and O–H groups in total. The van der Waals surface area contributed by atoms with Gasteiger partial charge in [0.05, 0.1) is 0 Å². The number of nitrogens with one attached hydrogen (secondary N) is 1. The molecule has 0 aromatic carbocycles. The molecule has 4 heteroatoms. The molecule has 0 bridgehead atoms. The Morgan fingerprint density at radius 2 is 2.26 bits per heavy atom. The maximum absolute atomic E-state index is 3.42. The van der Waals surface area contributed by atoms with Crippen molar-refractivity contribution in [3.05, 3.63) is 21.4 Å². The molecule has 19 heavy (non-hydrogen) atoms. The quantitative estimate of drug-likeness (QED) is 0.865. The average Bonchev–Trinajstić information content (AvgIpc) is 2.77. The molecule has 1 aliphatic rings. The second kappa shape index (κ2) is 7.67. The zero-order valence-corrected chi connectivity index (χ0v) is 14.0. The van der Waals surface area contributed by atoms with Crippen LogP contribution in [-0.2, 0) is 13.1 Å². The van der Waals surface area contributed by atoms with E-state index >= 15 is 0 Å². The number of hydrogen-bond donors (Lipinski definition) is 1. The molecule has 1 atom stereocenters. The van der Waals surface area contributed by atoms with Gasteiger partial charge in [0.2, 0.25) is 0 Å². The van der Waals surface area contributed by atoms with Gasteiger partial charge in [-0.25, -0.2) is 0 Å². The molecule has 1 unspecified atom stereocenters. The molecule has 0 aliphatic carbocycles. The van der Waals surface area contributed by atoms with E-state index in [4.69, 9.17) is 0 Å². The summed E-state index contributed by atoms with van der Waals surface area (Å²) in [5.41, 5.74) is 1.54. The van der Waals surface area contributed by atoms with Crippen LogP contribution in [0.1, 0.15) is 35.6 Å². The average molecular weight is 299 g/mol. The summed E-state index contributed by atoms with van der Waals surface area (Å²) in [5, 5.41) is 4.26. The first kappa shape index (κ1) is 15.4. The van der Waals surface area contributed by atoms with Gasteiger partial charge in [-0.05, 0) is 31.5 Å². The molecule has 1 saturated heterocycles. The Hall–Kier alpha value is -0.0300. The summed E-state index contributed by atoms with van der Waals surface area (Å²) >= 11 is 4.10. The van der Waals surface area contributed by atoms with Crippen molar-refractivity contribution < 1.29 is 0 Å². The van der Waals surface area contributed by atoms with Crippen molar-refractivity contribution >= 4 is 23.1 Å². The van der Waals surface area contributed by atoms with Crippen LogP contribution >= 0.6 is 23.1 Å². The summed E-state index contributed by atoms with van der Waals surface area (Å²) < 4.78 is 0. The van der Waals surface area contributed by atoms with E-state index in [9.17, 15) is 0 Å². The molecule has 1 fully saturated rings. The number of thiophene rings is 1. The Morgan fingerprint density at radius 1 is 1.42 bits per heavy atom. The predicted octanol–water partition coefficient (Wildman–Crippen LogP) is 3.49. The maximum Gasteiger partial charge on any atom is 0.0299 e. The molecule has 0 radical (unpaired) electrons. The van der Waals surface area contributed by atoms with Crippen molar-refractivity contribution in [1.82, 2.24) is 10.2 Å². The van der Waals surface area contributed by atoms with E-state index in [2.05, 4.69) is 48.8 Å². The SMILES string of the molecule is CCNCc1cc(CN2CCSC(CC)C2)c(C)s1. The van der Waals surface area contributed by atoms with Crippen LogP contribution in [0, 0.1) is 6.92 Å². The smallest absolute Gasteiger partial charge is 0.0299 e. The molecule has 2 heterocycles. The van der Waals surface area contributed by atoms with Crippen LogP contribution in [0.25, 0.3) is 0 Å². The van der Waals surface area contributed by atoms with E-state index in [0.29, 0.717) is 0 Å². The lowest BCUT2D eigenvalue weighted by atomic mass is 10.2. The Morgan fingerprint density at radius 3 is 3.00 bits per heavy atom. The van der Waals surface area contributed by atoms with Crippen LogP contribution in [0.4, 0.5) is 0 Å². The second-order valence-corrected chi connectivity index (χ2v) is 7.96. The number of thioether (sulfide) groups is 1. The number of rotatable bonds is 6. The maximum atomic E-state index is 3.42. The van der Waals surface area contributed by atoms with E-state index in [1.165, 1.54) is 35.0 Å². The van der Waals surface area contributed by atoms with E-state index in [0.717, 1.165) is 24.9 Å².